The van der Waals surface area contributed by atoms with E-state index in [1.54, 1.807) is 0 Å². The normalized spacial score (nSPS) is 11.6. The van der Waals surface area contributed by atoms with E-state index in [4.69, 9.17) is 23.2 Å². The molecular weight excluding hydrogens is 271 g/mol. The molecular formula is C9H4Cl2F4O. The quantitative estimate of drug-likeness (QED) is 0.454. The molecule has 1 rings (SSSR count). The fraction of sp³-hybridized carbons (Fsp3) is 0.222. The molecule has 1 nitrogen and oxygen atoms in total. The molecule has 0 unspecified atom stereocenters. The fourth-order valence-corrected chi connectivity index (χ4v) is 1.61. The van der Waals surface area contributed by atoms with E-state index >= 15 is 0 Å². The predicted molar refractivity (Wildman–Crippen MR) is 51.5 cm³/mol. The summed E-state index contributed by atoms with van der Waals surface area (Å²) in [7, 11) is 0. The molecule has 0 aliphatic rings. The highest BCUT2D eigenvalue weighted by molar-refractivity contribution is 6.37. The van der Waals surface area contributed by atoms with Crippen LogP contribution in [0.2, 0.25) is 5.02 Å². The first kappa shape index (κ1) is 13.3. The van der Waals surface area contributed by atoms with E-state index < -0.39 is 39.8 Å². The van der Waals surface area contributed by atoms with Gasteiger partial charge in [0, 0.05) is 5.56 Å². The van der Waals surface area contributed by atoms with Crippen molar-refractivity contribution in [3.05, 3.63) is 34.1 Å². The van der Waals surface area contributed by atoms with Crippen LogP contribution in [0.1, 0.15) is 15.9 Å². The van der Waals surface area contributed by atoms with E-state index in [0.717, 1.165) is 6.07 Å². The summed E-state index contributed by atoms with van der Waals surface area (Å²) >= 11 is 10.5. The zero-order chi connectivity index (χ0) is 12.5. The van der Waals surface area contributed by atoms with Crippen LogP contribution in [-0.2, 0) is 6.18 Å². The van der Waals surface area contributed by atoms with Gasteiger partial charge in [-0.15, -0.1) is 11.6 Å². The minimum Gasteiger partial charge on any atom is -0.293 e. The van der Waals surface area contributed by atoms with Crippen LogP contribution in [0, 0.1) is 5.82 Å². The largest absolute Gasteiger partial charge is 0.420 e. The van der Waals surface area contributed by atoms with Crippen molar-refractivity contribution in [2.45, 2.75) is 6.18 Å². The Balaban J connectivity index is 3.45. The summed E-state index contributed by atoms with van der Waals surface area (Å²) in [5, 5.41) is -0.960. The Kier molecular flexibility index (Phi) is 3.80. The summed E-state index contributed by atoms with van der Waals surface area (Å²) in [4.78, 5) is 11.1. The average molecular weight is 275 g/mol. The minimum atomic E-state index is -4.95. The lowest BCUT2D eigenvalue weighted by Gasteiger charge is -2.12. The maximum absolute atomic E-state index is 12.9. The van der Waals surface area contributed by atoms with Crippen molar-refractivity contribution in [2.24, 2.45) is 0 Å². The molecule has 0 radical (unpaired) electrons. The number of hydrogen-bond acceptors (Lipinski definition) is 1. The number of halogens is 6. The van der Waals surface area contributed by atoms with Crippen molar-refractivity contribution < 1.29 is 22.4 Å². The van der Waals surface area contributed by atoms with Crippen LogP contribution >= 0.6 is 23.2 Å². The summed E-state index contributed by atoms with van der Waals surface area (Å²) < 4.78 is 50.1. The highest BCUT2D eigenvalue weighted by Gasteiger charge is 2.38. The third kappa shape index (κ3) is 2.47. The summed E-state index contributed by atoms with van der Waals surface area (Å²) in [5.74, 6) is -2.84. The van der Waals surface area contributed by atoms with Gasteiger partial charge in [-0.1, -0.05) is 11.6 Å². The molecule has 16 heavy (non-hydrogen) atoms. The van der Waals surface area contributed by atoms with Crippen molar-refractivity contribution in [1.29, 1.82) is 0 Å². The van der Waals surface area contributed by atoms with Gasteiger partial charge >= 0.3 is 6.18 Å². The van der Waals surface area contributed by atoms with Crippen LogP contribution in [0.5, 0.6) is 0 Å². The third-order valence-electron chi connectivity index (χ3n) is 1.80. The Morgan fingerprint density at radius 2 is 1.88 bits per heavy atom. The molecule has 0 amide bonds. The first-order valence-corrected chi connectivity index (χ1v) is 4.84. The number of hydrogen-bond donors (Lipinski definition) is 0. The molecule has 0 aliphatic heterocycles. The Hall–Kier alpha value is -0.810. The molecule has 0 spiro atoms. The van der Waals surface area contributed by atoms with E-state index in [9.17, 15) is 22.4 Å². The Bertz CT molecular complexity index is 428. The number of carbonyl (C=O) groups is 1. The van der Waals surface area contributed by atoms with Gasteiger partial charge in [-0.25, -0.2) is 4.39 Å². The standard InChI is InChI=1S/C9H4Cl2F4O/c10-3-6(16)4-1-2-5(12)7(8(4)11)9(13,14)15/h1-2H,3H2. The first-order valence-electron chi connectivity index (χ1n) is 3.93. The first-order chi connectivity index (χ1) is 7.29. The van der Waals surface area contributed by atoms with Gasteiger partial charge in [0.2, 0.25) is 0 Å². The SMILES string of the molecule is O=C(CCl)c1ccc(F)c(C(F)(F)F)c1Cl. The second-order valence-electron chi connectivity index (χ2n) is 2.84. The molecule has 1 aromatic rings. The van der Waals surface area contributed by atoms with Crippen LogP contribution in [0.25, 0.3) is 0 Å². The van der Waals surface area contributed by atoms with Crippen LogP contribution in [0.4, 0.5) is 17.6 Å². The summed E-state index contributed by atoms with van der Waals surface area (Å²) in [6, 6.07) is 1.41. The maximum Gasteiger partial charge on any atom is 0.420 e. The molecule has 0 aromatic heterocycles. The Morgan fingerprint density at radius 1 is 1.31 bits per heavy atom. The lowest BCUT2D eigenvalue weighted by atomic mass is 10.1. The lowest BCUT2D eigenvalue weighted by molar-refractivity contribution is -0.139. The van der Waals surface area contributed by atoms with Gasteiger partial charge in [0.15, 0.2) is 5.78 Å². The third-order valence-corrected chi connectivity index (χ3v) is 2.43. The molecule has 0 aliphatic carbocycles. The number of benzene rings is 1. The second-order valence-corrected chi connectivity index (χ2v) is 3.48. The van der Waals surface area contributed by atoms with Crippen LogP contribution in [0.3, 0.4) is 0 Å². The van der Waals surface area contributed by atoms with Crippen molar-refractivity contribution in [3.63, 3.8) is 0 Å². The molecule has 7 heteroatoms. The predicted octanol–water partition coefficient (Wildman–Crippen LogP) is 3.92. The van der Waals surface area contributed by atoms with Crippen molar-refractivity contribution in [2.75, 3.05) is 5.88 Å². The van der Waals surface area contributed by atoms with Gasteiger partial charge in [0.1, 0.15) is 11.4 Å². The number of ketones is 1. The molecule has 1 aromatic carbocycles. The van der Waals surface area contributed by atoms with E-state index in [-0.39, 0.29) is 0 Å². The van der Waals surface area contributed by atoms with Crippen molar-refractivity contribution in [1.82, 2.24) is 0 Å². The van der Waals surface area contributed by atoms with Crippen LogP contribution in [-0.4, -0.2) is 11.7 Å². The lowest BCUT2D eigenvalue weighted by Crippen LogP contribution is -2.12. The summed E-state index contributed by atoms with van der Waals surface area (Å²) in [6.07, 6.45) is -4.95. The maximum atomic E-state index is 12.9. The van der Waals surface area contributed by atoms with Gasteiger partial charge in [-0.3, -0.25) is 4.79 Å². The molecule has 0 heterocycles. The molecule has 0 N–H and O–H groups in total. The van der Waals surface area contributed by atoms with E-state index in [1.807, 2.05) is 0 Å². The zero-order valence-corrected chi connectivity index (χ0v) is 9.05. The van der Waals surface area contributed by atoms with Crippen LogP contribution in [0.15, 0.2) is 12.1 Å². The number of rotatable bonds is 2. The average Bonchev–Trinajstić information content (AvgIpc) is 2.14. The fourth-order valence-electron chi connectivity index (χ4n) is 1.10. The van der Waals surface area contributed by atoms with Gasteiger partial charge < -0.3 is 0 Å². The summed E-state index contributed by atoms with van der Waals surface area (Å²) in [5.41, 5.74) is -2.09. The van der Waals surface area contributed by atoms with Crippen LogP contribution < -0.4 is 0 Å². The molecule has 0 saturated carbocycles. The van der Waals surface area contributed by atoms with Gasteiger partial charge in [-0.05, 0) is 12.1 Å². The molecule has 0 saturated heterocycles. The van der Waals surface area contributed by atoms with Gasteiger partial charge in [0.25, 0.3) is 0 Å². The minimum absolute atomic E-state index is 0.439. The Morgan fingerprint density at radius 3 is 2.31 bits per heavy atom. The number of Topliss-reactive ketones (excluding diaryl/α,β-unsaturated/α-hetero) is 1. The van der Waals surface area contributed by atoms with Gasteiger partial charge in [0.05, 0.1) is 10.9 Å². The van der Waals surface area contributed by atoms with E-state index in [0.29, 0.717) is 6.07 Å². The van der Waals surface area contributed by atoms with Crippen molar-refractivity contribution >= 4 is 29.0 Å². The number of alkyl halides is 4. The highest BCUT2D eigenvalue weighted by atomic mass is 35.5. The Labute approximate surface area is 98.0 Å². The zero-order valence-electron chi connectivity index (χ0n) is 7.54. The number of carbonyl (C=O) groups excluding carboxylic acids is 1. The van der Waals surface area contributed by atoms with Gasteiger partial charge in [-0.2, -0.15) is 13.2 Å². The monoisotopic (exact) mass is 274 g/mol. The molecule has 88 valence electrons. The summed E-state index contributed by atoms with van der Waals surface area (Å²) in [6.45, 7) is 0. The second kappa shape index (κ2) is 4.59. The molecule has 0 fully saturated rings. The molecule has 0 atom stereocenters. The smallest absolute Gasteiger partial charge is 0.293 e. The van der Waals surface area contributed by atoms with Crippen molar-refractivity contribution in [3.8, 4) is 0 Å². The highest BCUT2D eigenvalue weighted by Crippen LogP contribution is 2.38. The van der Waals surface area contributed by atoms with E-state index in [2.05, 4.69) is 0 Å². The molecule has 0 bridgehead atoms. The topological polar surface area (TPSA) is 17.1 Å². The van der Waals surface area contributed by atoms with E-state index in [1.165, 1.54) is 0 Å².